The van der Waals surface area contributed by atoms with E-state index in [1.807, 2.05) is 36.4 Å². The molecule has 0 fully saturated rings. The van der Waals surface area contributed by atoms with Crippen LogP contribution in [0.5, 0.6) is 0 Å². The highest BCUT2D eigenvalue weighted by atomic mass is 15.2. The van der Waals surface area contributed by atoms with Crippen molar-refractivity contribution in [1.82, 2.24) is 24.1 Å². The Kier molecular flexibility index (Phi) is 6.23. The lowest BCUT2D eigenvalue weighted by molar-refractivity contribution is 0.664. The number of hydrogen-bond acceptors (Lipinski definition) is 3. The summed E-state index contributed by atoms with van der Waals surface area (Å²) >= 11 is 0. The van der Waals surface area contributed by atoms with Crippen molar-refractivity contribution in [2.45, 2.75) is 19.3 Å². The van der Waals surface area contributed by atoms with Crippen molar-refractivity contribution in [1.29, 1.82) is 0 Å². The van der Waals surface area contributed by atoms with Crippen molar-refractivity contribution in [3.05, 3.63) is 175 Å². The molecule has 11 rings (SSSR count). The van der Waals surface area contributed by atoms with Crippen LogP contribution in [0.4, 0.5) is 0 Å². The Hall–Kier alpha value is -6.85. The second kappa shape index (κ2) is 11.1. The number of nitrogens with zero attached hydrogens (tertiary/aromatic N) is 5. The van der Waals surface area contributed by atoms with Crippen LogP contribution in [0.2, 0.25) is 0 Å². The Morgan fingerprint density at radius 2 is 0.962 bits per heavy atom. The van der Waals surface area contributed by atoms with Crippen LogP contribution in [0, 0.1) is 0 Å². The average Bonchev–Trinajstić information content (AvgIpc) is 3.82. The van der Waals surface area contributed by atoms with E-state index in [-0.39, 0.29) is 5.41 Å². The molecule has 10 aromatic rings. The standard InChI is InChI=1S/C48H33N5/c1-48(2)36-27-15-12-24-33(36)39-40-34-25-13-17-29-38(34)53(47-50-45(30-18-6-3-7-19-30)49-46(51-47)31-20-8-4-9-21-31)43(40)41-35-26-14-16-28-37(35)52(44(41)42(39)48)32-22-10-5-11-23-32/h3-29H,1-2H3. The summed E-state index contributed by atoms with van der Waals surface area (Å²) < 4.78 is 4.79. The zero-order valence-corrected chi connectivity index (χ0v) is 29.3. The fraction of sp³-hybridized carbons (Fsp3) is 0.0625. The highest BCUT2D eigenvalue weighted by Gasteiger charge is 2.41. The predicted molar refractivity (Wildman–Crippen MR) is 217 cm³/mol. The Morgan fingerprint density at radius 3 is 1.60 bits per heavy atom. The number of aromatic nitrogens is 5. The van der Waals surface area contributed by atoms with E-state index in [2.05, 4.69) is 150 Å². The van der Waals surface area contributed by atoms with Gasteiger partial charge in [-0.05, 0) is 46.5 Å². The van der Waals surface area contributed by atoms with Gasteiger partial charge in [-0.15, -0.1) is 0 Å². The lowest BCUT2D eigenvalue weighted by atomic mass is 9.81. The van der Waals surface area contributed by atoms with Gasteiger partial charge in [0.1, 0.15) is 0 Å². The summed E-state index contributed by atoms with van der Waals surface area (Å²) in [5.41, 5.74) is 12.5. The monoisotopic (exact) mass is 679 g/mol. The van der Waals surface area contributed by atoms with E-state index < -0.39 is 0 Å². The largest absolute Gasteiger partial charge is 0.309 e. The minimum absolute atomic E-state index is 0.267. The number of hydrogen-bond donors (Lipinski definition) is 0. The average molecular weight is 680 g/mol. The summed E-state index contributed by atoms with van der Waals surface area (Å²) in [6.07, 6.45) is 0. The fourth-order valence-electron chi connectivity index (χ4n) is 8.90. The molecular formula is C48H33N5. The van der Waals surface area contributed by atoms with Crippen LogP contribution < -0.4 is 0 Å². The number of benzene rings is 7. The molecule has 53 heavy (non-hydrogen) atoms. The van der Waals surface area contributed by atoms with Crippen molar-refractivity contribution in [2.24, 2.45) is 0 Å². The topological polar surface area (TPSA) is 48.5 Å². The Balaban J connectivity index is 1.41. The maximum atomic E-state index is 5.32. The highest BCUT2D eigenvalue weighted by Crippen LogP contribution is 2.58. The van der Waals surface area contributed by atoms with Crippen molar-refractivity contribution >= 4 is 43.6 Å². The predicted octanol–water partition coefficient (Wildman–Crippen LogP) is 11.7. The number of fused-ring (bicyclic) bond motifs is 12. The minimum Gasteiger partial charge on any atom is -0.309 e. The van der Waals surface area contributed by atoms with Crippen LogP contribution in [0.25, 0.3) is 89.2 Å². The zero-order valence-electron chi connectivity index (χ0n) is 29.3. The third-order valence-corrected chi connectivity index (χ3v) is 11.1. The van der Waals surface area contributed by atoms with Gasteiger partial charge in [-0.25, -0.2) is 4.98 Å². The van der Waals surface area contributed by atoms with E-state index in [0.717, 1.165) is 33.4 Å². The molecule has 7 aromatic carbocycles. The summed E-state index contributed by atoms with van der Waals surface area (Å²) in [5.74, 6) is 1.86. The van der Waals surface area contributed by atoms with Gasteiger partial charge in [0.25, 0.3) is 0 Å². The minimum atomic E-state index is -0.267. The van der Waals surface area contributed by atoms with Crippen LogP contribution in [-0.2, 0) is 5.41 Å². The smallest absolute Gasteiger partial charge is 0.238 e. The summed E-state index contributed by atoms with van der Waals surface area (Å²) in [6, 6.07) is 57.8. The first-order valence-electron chi connectivity index (χ1n) is 18.1. The normalized spacial score (nSPS) is 13.2. The second-order valence-corrected chi connectivity index (χ2v) is 14.4. The van der Waals surface area contributed by atoms with Gasteiger partial charge in [0.05, 0.1) is 22.1 Å². The lowest BCUT2D eigenvalue weighted by Gasteiger charge is -2.24. The molecule has 250 valence electrons. The Bertz CT molecular complexity index is 3010. The van der Waals surface area contributed by atoms with E-state index in [9.17, 15) is 0 Å². The first-order valence-corrected chi connectivity index (χ1v) is 18.1. The Labute approximate surface area is 306 Å². The molecule has 0 amide bonds. The molecule has 3 aromatic heterocycles. The molecule has 5 nitrogen and oxygen atoms in total. The Morgan fingerprint density at radius 1 is 0.453 bits per heavy atom. The molecule has 0 N–H and O–H groups in total. The van der Waals surface area contributed by atoms with E-state index in [0.29, 0.717) is 17.6 Å². The van der Waals surface area contributed by atoms with Gasteiger partial charge in [0, 0.05) is 43.8 Å². The SMILES string of the molecule is CC1(C)c2ccccc2-c2c1c1c(c3ccccc3n1-c1ccccc1)c1c2c2ccccc2n1-c1nc(-c2ccccc2)nc(-c2ccccc2)n1. The third kappa shape index (κ3) is 4.16. The van der Waals surface area contributed by atoms with E-state index in [4.69, 9.17) is 15.0 Å². The highest BCUT2D eigenvalue weighted by molar-refractivity contribution is 6.32. The molecule has 0 atom stereocenters. The van der Waals surface area contributed by atoms with Gasteiger partial charge >= 0.3 is 0 Å². The second-order valence-electron chi connectivity index (χ2n) is 14.4. The van der Waals surface area contributed by atoms with Crippen LogP contribution in [-0.4, -0.2) is 24.1 Å². The fourth-order valence-corrected chi connectivity index (χ4v) is 8.90. The van der Waals surface area contributed by atoms with Gasteiger partial charge in [-0.1, -0.05) is 153 Å². The molecule has 3 heterocycles. The van der Waals surface area contributed by atoms with E-state index in [1.54, 1.807) is 0 Å². The summed E-state index contributed by atoms with van der Waals surface area (Å²) in [6.45, 7) is 4.78. The van der Waals surface area contributed by atoms with E-state index >= 15 is 0 Å². The number of rotatable bonds is 4. The first kappa shape index (κ1) is 29.8. The van der Waals surface area contributed by atoms with Crippen LogP contribution in [0.15, 0.2) is 164 Å². The summed E-state index contributed by atoms with van der Waals surface area (Å²) in [5, 5.41) is 4.78. The van der Waals surface area contributed by atoms with Crippen molar-refractivity contribution in [3.63, 3.8) is 0 Å². The molecule has 0 aliphatic heterocycles. The molecule has 0 saturated heterocycles. The van der Waals surface area contributed by atoms with Crippen LogP contribution in [0.1, 0.15) is 25.0 Å². The summed E-state index contributed by atoms with van der Waals surface area (Å²) in [4.78, 5) is 15.7. The molecule has 0 spiro atoms. The maximum Gasteiger partial charge on any atom is 0.238 e. The molecule has 0 bridgehead atoms. The quantitative estimate of drug-likeness (QED) is 0.186. The van der Waals surface area contributed by atoms with Gasteiger partial charge in [0.2, 0.25) is 5.95 Å². The maximum absolute atomic E-state index is 5.32. The molecule has 0 radical (unpaired) electrons. The summed E-state index contributed by atoms with van der Waals surface area (Å²) in [7, 11) is 0. The molecular weight excluding hydrogens is 647 g/mol. The molecule has 0 unspecified atom stereocenters. The number of para-hydroxylation sites is 3. The van der Waals surface area contributed by atoms with Crippen LogP contribution in [0.3, 0.4) is 0 Å². The lowest BCUT2D eigenvalue weighted by Crippen LogP contribution is -2.16. The molecule has 1 aliphatic carbocycles. The van der Waals surface area contributed by atoms with Crippen molar-refractivity contribution in [2.75, 3.05) is 0 Å². The van der Waals surface area contributed by atoms with Gasteiger partial charge < -0.3 is 4.57 Å². The molecule has 5 heteroatoms. The molecule has 0 saturated carbocycles. The van der Waals surface area contributed by atoms with Gasteiger partial charge in [-0.2, -0.15) is 9.97 Å². The molecule has 1 aliphatic rings. The van der Waals surface area contributed by atoms with Gasteiger partial charge in [-0.3, -0.25) is 4.57 Å². The van der Waals surface area contributed by atoms with Crippen molar-refractivity contribution in [3.8, 4) is 45.5 Å². The van der Waals surface area contributed by atoms with Crippen molar-refractivity contribution < 1.29 is 0 Å². The van der Waals surface area contributed by atoms with Gasteiger partial charge in [0.15, 0.2) is 11.6 Å². The van der Waals surface area contributed by atoms with Crippen LogP contribution >= 0.6 is 0 Å². The van der Waals surface area contributed by atoms with E-state index in [1.165, 1.54) is 49.3 Å². The third-order valence-electron chi connectivity index (χ3n) is 11.1. The first-order chi connectivity index (χ1) is 26.1. The zero-order chi connectivity index (χ0) is 35.3.